The van der Waals surface area contributed by atoms with Crippen LogP contribution in [0.15, 0.2) is 0 Å². The van der Waals surface area contributed by atoms with Gasteiger partial charge in [0.15, 0.2) is 0 Å². The molecule has 0 saturated carbocycles. The van der Waals surface area contributed by atoms with Crippen LogP contribution in [0.4, 0.5) is 0 Å². The molecule has 1 saturated heterocycles. The van der Waals surface area contributed by atoms with E-state index in [1.54, 1.807) is 0 Å². The summed E-state index contributed by atoms with van der Waals surface area (Å²) in [6, 6.07) is 0. The molecular formula is C10H19NO3. The number of carbonyl (C=O) groups is 1. The van der Waals surface area contributed by atoms with Gasteiger partial charge in [-0.1, -0.05) is 0 Å². The van der Waals surface area contributed by atoms with Crippen molar-refractivity contribution in [3.05, 3.63) is 0 Å². The topological polar surface area (TPSA) is 60.8 Å². The third-order valence-corrected chi connectivity index (χ3v) is 2.76. The van der Waals surface area contributed by atoms with E-state index in [9.17, 15) is 9.90 Å². The molecule has 82 valence electrons. The van der Waals surface area contributed by atoms with Crippen LogP contribution in [0.1, 0.15) is 33.6 Å². The molecule has 0 amide bonds. The molecule has 0 bridgehead atoms. The number of hydrogen-bond donors (Lipinski definition) is 2. The molecule has 1 rings (SSSR count). The van der Waals surface area contributed by atoms with Crippen molar-refractivity contribution < 1.29 is 15.0 Å². The van der Waals surface area contributed by atoms with E-state index in [-0.39, 0.29) is 12.0 Å². The summed E-state index contributed by atoms with van der Waals surface area (Å²) < 4.78 is 0. The van der Waals surface area contributed by atoms with Crippen molar-refractivity contribution in [1.29, 1.82) is 0 Å². The molecule has 0 aromatic heterocycles. The van der Waals surface area contributed by atoms with E-state index in [4.69, 9.17) is 5.11 Å². The molecule has 0 radical (unpaired) electrons. The largest absolute Gasteiger partial charge is 0.481 e. The summed E-state index contributed by atoms with van der Waals surface area (Å²) in [5.74, 6) is -0.928. The number of β-amino-alcohol motifs (C(OH)–C–C–N with tert-alkyl or cyclic N) is 1. The van der Waals surface area contributed by atoms with E-state index in [1.165, 1.54) is 0 Å². The fourth-order valence-electron chi connectivity index (χ4n) is 1.85. The van der Waals surface area contributed by atoms with Crippen molar-refractivity contribution >= 4 is 5.97 Å². The Morgan fingerprint density at radius 2 is 2.07 bits per heavy atom. The highest BCUT2D eigenvalue weighted by Gasteiger charge is 2.41. The third kappa shape index (κ3) is 2.69. The van der Waals surface area contributed by atoms with Gasteiger partial charge in [-0.3, -0.25) is 9.69 Å². The molecule has 4 heteroatoms. The van der Waals surface area contributed by atoms with E-state index in [0.29, 0.717) is 13.0 Å². The van der Waals surface area contributed by atoms with Gasteiger partial charge in [0.2, 0.25) is 0 Å². The molecule has 1 aliphatic rings. The Balaban J connectivity index is 2.59. The van der Waals surface area contributed by atoms with Gasteiger partial charge in [0.1, 0.15) is 0 Å². The summed E-state index contributed by atoms with van der Waals surface area (Å²) in [5, 5.41) is 18.6. The number of nitrogens with zero attached hydrogens (tertiary/aromatic N) is 1. The van der Waals surface area contributed by atoms with Crippen LogP contribution in [0, 0.1) is 0 Å². The smallest absolute Gasteiger partial charge is 0.306 e. The third-order valence-electron chi connectivity index (χ3n) is 2.76. The molecule has 2 N–H and O–H groups in total. The second-order valence-corrected chi connectivity index (χ2v) is 5.14. The number of carboxylic acid groups (broad SMARTS) is 1. The first-order valence-electron chi connectivity index (χ1n) is 4.92. The van der Waals surface area contributed by atoms with E-state index >= 15 is 0 Å². The number of aliphatic carboxylic acids is 1. The lowest BCUT2D eigenvalue weighted by Crippen LogP contribution is -2.43. The first kappa shape index (κ1) is 11.5. The highest BCUT2D eigenvalue weighted by Crippen LogP contribution is 2.29. The predicted molar refractivity (Wildman–Crippen MR) is 53.1 cm³/mol. The van der Waals surface area contributed by atoms with Gasteiger partial charge in [-0.15, -0.1) is 0 Å². The number of hydrogen-bond acceptors (Lipinski definition) is 3. The van der Waals surface area contributed by atoms with Crippen molar-refractivity contribution in [2.45, 2.75) is 44.8 Å². The van der Waals surface area contributed by atoms with Crippen molar-refractivity contribution in [3.63, 3.8) is 0 Å². The maximum Gasteiger partial charge on any atom is 0.306 e. The van der Waals surface area contributed by atoms with Crippen LogP contribution < -0.4 is 0 Å². The van der Waals surface area contributed by atoms with Crippen LogP contribution in [0.5, 0.6) is 0 Å². The molecule has 0 spiro atoms. The molecule has 0 aromatic rings. The van der Waals surface area contributed by atoms with Gasteiger partial charge >= 0.3 is 5.97 Å². The minimum atomic E-state index is -1.03. The standard InChI is InChI=1S/C10H19NO3/c1-9(2,3)11-5-4-10(14,7-11)6-8(12)13/h14H,4-7H2,1-3H3,(H,12,13). The summed E-state index contributed by atoms with van der Waals surface area (Å²) in [6.07, 6.45) is 0.399. The Labute approximate surface area is 84.5 Å². The molecule has 0 aliphatic carbocycles. The first-order chi connectivity index (χ1) is 6.23. The molecule has 1 atom stereocenters. The van der Waals surface area contributed by atoms with Crippen LogP contribution >= 0.6 is 0 Å². The minimum absolute atomic E-state index is 0.00296. The maximum atomic E-state index is 10.5. The zero-order chi connectivity index (χ0) is 11.0. The zero-order valence-corrected chi connectivity index (χ0v) is 9.08. The predicted octanol–water partition coefficient (Wildman–Crippen LogP) is 0.696. The quantitative estimate of drug-likeness (QED) is 0.690. The van der Waals surface area contributed by atoms with Gasteiger partial charge < -0.3 is 10.2 Å². The lowest BCUT2D eigenvalue weighted by Gasteiger charge is -2.32. The average Bonchev–Trinajstić information content (AvgIpc) is 2.28. The van der Waals surface area contributed by atoms with E-state index in [1.807, 2.05) is 0 Å². The van der Waals surface area contributed by atoms with Gasteiger partial charge in [-0.05, 0) is 27.2 Å². The Hall–Kier alpha value is -0.610. The summed E-state index contributed by atoms with van der Waals surface area (Å²) in [5.41, 5.74) is -1.03. The number of likely N-dealkylation sites (tertiary alicyclic amines) is 1. The monoisotopic (exact) mass is 201 g/mol. The molecule has 0 aromatic carbocycles. The molecule has 14 heavy (non-hydrogen) atoms. The van der Waals surface area contributed by atoms with Crippen LogP contribution in [0.25, 0.3) is 0 Å². The number of aliphatic hydroxyl groups is 1. The van der Waals surface area contributed by atoms with Gasteiger partial charge in [0, 0.05) is 18.6 Å². The zero-order valence-electron chi connectivity index (χ0n) is 9.08. The van der Waals surface area contributed by atoms with E-state index < -0.39 is 11.6 Å². The summed E-state index contributed by atoms with van der Waals surface area (Å²) in [6.45, 7) is 7.44. The SMILES string of the molecule is CC(C)(C)N1CCC(O)(CC(=O)O)C1. The van der Waals surface area contributed by atoms with Crippen LogP contribution in [-0.4, -0.2) is 45.3 Å². The Bertz CT molecular complexity index is 234. The van der Waals surface area contributed by atoms with Crippen molar-refractivity contribution in [2.75, 3.05) is 13.1 Å². The number of carboxylic acids is 1. The molecular weight excluding hydrogens is 182 g/mol. The molecule has 1 heterocycles. The number of rotatable bonds is 2. The lowest BCUT2D eigenvalue weighted by molar-refractivity contribution is -0.142. The van der Waals surface area contributed by atoms with E-state index in [0.717, 1.165) is 6.54 Å². The van der Waals surface area contributed by atoms with Crippen molar-refractivity contribution in [1.82, 2.24) is 4.90 Å². The van der Waals surface area contributed by atoms with E-state index in [2.05, 4.69) is 25.7 Å². The highest BCUT2D eigenvalue weighted by atomic mass is 16.4. The average molecular weight is 201 g/mol. The molecule has 1 fully saturated rings. The Morgan fingerprint density at radius 1 is 1.50 bits per heavy atom. The van der Waals surface area contributed by atoms with Crippen molar-refractivity contribution in [3.8, 4) is 0 Å². The molecule has 4 nitrogen and oxygen atoms in total. The second kappa shape index (κ2) is 3.51. The summed E-state index contributed by atoms with van der Waals surface area (Å²) in [7, 11) is 0. The molecule has 1 unspecified atom stereocenters. The fraction of sp³-hybridized carbons (Fsp3) is 0.900. The first-order valence-corrected chi connectivity index (χ1v) is 4.92. The van der Waals surface area contributed by atoms with Gasteiger partial charge in [-0.2, -0.15) is 0 Å². The van der Waals surface area contributed by atoms with Gasteiger partial charge in [-0.25, -0.2) is 0 Å². The summed E-state index contributed by atoms with van der Waals surface area (Å²) in [4.78, 5) is 12.7. The fourth-order valence-corrected chi connectivity index (χ4v) is 1.85. The Morgan fingerprint density at radius 3 is 2.43 bits per heavy atom. The highest BCUT2D eigenvalue weighted by molar-refractivity contribution is 5.68. The maximum absolute atomic E-state index is 10.5. The minimum Gasteiger partial charge on any atom is -0.481 e. The van der Waals surface area contributed by atoms with Crippen LogP contribution in [-0.2, 0) is 4.79 Å². The van der Waals surface area contributed by atoms with Gasteiger partial charge in [0.25, 0.3) is 0 Å². The molecule has 1 aliphatic heterocycles. The normalized spacial score (nSPS) is 29.4. The second-order valence-electron chi connectivity index (χ2n) is 5.14. The summed E-state index contributed by atoms with van der Waals surface area (Å²) >= 11 is 0. The van der Waals surface area contributed by atoms with Crippen molar-refractivity contribution in [2.24, 2.45) is 0 Å². The Kier molecular flexibility index (Phi) is 2.88. The lowest BCUT2D eigenvalue weighted by atomic mass is 9.99. The van der Waals surface area contributed by atoms with Crippen LogP contribution in [0.3, 0.4) is 0 Å². The van der Waals surface area contributed by atoms with Gasteiger partial charge in [0.05, 0.1) is 12.0 Å². The van der Waals surface area contributed by atoms with Crippen LogP contribution in [0.2, 0.25) is 0 Å².